The van der Waals surface area contributed by atoms with E-state index in [9.17, 15) is 5.11 Å². The molecule has 5 heteroatoms. The van der Waals surface area contributed by atoms with Crippen LogP contribution in [0.15, 0.2) is 43.0 Å². The van der Waals surface area contributed by atoms with Gasteiger partial charge in [-0.25, -0.2) is 4.98 Å². The van der Waals surface area contributed by atoms with E-state index in [1.54, 1.807) is 18.6 Å². The molecule has 1 N–H and O–H groups in total. The fourth-order valence-corrected chi connectivity index (χ4v) is 2.22. The zero-order chi connectivity index (χ0) is 12.3. The molecule has 0 aliphatic rings. The molecule has 1 aromatic carbocycles. The summed E-state index contributed by atoms with van der Waals surface area (Å²) in [5.74, 6) is 0. The second kappa shape index (κ2) is 6.23. The van der Waals surface area contributed by atoms with Crippen LogP contribution in [0.3, 0.4) is 0 Å². The molecule has 0 aliphatic heterocycles. The Labute approximate surface area is 118 Å². The highest BCUT2D eigenvalue weighted by Gasteiger charge is 2.29. The van der Waals surface area contributed by atoms with Crippen molar-refractivity contribution >= 4 is 24.0 Å². The highest BCUT2D eigenvalue weighted by atomic mass is 35.5. The minimum Gasteiger partial charge on any atom is -0.383 e. The van der Waals surface area contributed by atoms with Crippen molar-refractivity contribution in [3.63, 3.8) is 0 Å². The van der Waals surface area contributed by atoms with Crippen molar-refractivity contribution in [2.75, 3.05) is 0 Å². The van der Waals surface area contributed by atoms with E-state index in [1.807, 2.05) is 35.9 Å². The molecule has 0 radical (unpaired) electrons. The number of aromatic nitrogens is 2. The molecule has 0 aliphatic carbocycles. The Morgan fingerprint density at radius 2 is 2.11 bits per heavy atom. The Kier molecular flexibility index (Phi) is 5.20. The van der Waals surface area contributed by atoms with Crippen LogP contribution >= 0.6 is 24.0 Å². The van der Waals surface area contributed by atoms with Gasteiger partial charge in [0, 0.05) is 23.0 Å². The van der Waals surface area contributed by atoms with Crippen LogP contribution in [0.25, 0.3) is 0 Å². The van der Waals surface area contributed by atoms with Gasteiger partial charge in [0.2, 0.25) is 0 Å². The van der Waals surface area contributed by atoms with Crippen LogP contribution in [0.5, 0.6) is 0 Å². The molecule has 0 saturated carbocycles. The van der Waals surface area contributed by atoms with E-state index in [1.165, 1.54) is 0 Å². The molecular formula is C13H16Cl2N2O. The summed E-state index contributed by atoms with van der Waals surface area (Å²) >= 11 is 6.14. The number of aliphatic hydroxyl groups is 1. The van der Waals surface area contributed by atoms with Gasteiger partial charge < -0.3 is 9.67 Å². The topological polar surface area (TPSA) is 38.0 Å². The Morgan fingerprint density at radius 1 is 1.39 bits per heavy atom. The molecule has 1 atom stereocenters. The van der Waals surface area contributed by atoms with E-state index in [4.69, 9.17) is 11.6 Å². The van der Waals surface area contributed by atoms with E-state index in [0.29, 0.717) is 18.0 Å². The van der Waals surface area contributed by atoms with Gasteiger partial charge in [0.25, 0.3) is 0 Å². The molecule has 0 bridgehead atoms. The van der Waals surface area contributed by atoms with Gasteiger partial charge in [-0.3, -0.25) is 0 Å². The number of benzene rings is 1. The van der Waals surface area contributed by atoms with Crippen molar-refractivity contribution in [3.8, 4) is 0 Å². The molecular weight excluding hydrogens is 271 g/mol. The Hall–Kier alpha value is -1.03. The van der Waals surface area contributed by atoms with E-state index in [0.717, 1.165) is 5.56 Å². The lowest BCUT2D eigenvalue weighted by Gasteiger charge is -2.28. The second-order valence-corrected chi connectivity index (χ2v) is 4.51. The highest BCUT2D eigenvalue weighted by molar-refractivity contribution is 6.31. The maximum Gasteiger partial charge on any atom is 0.109 e. The average molecular weight is 287 g/mol. The Morgan fingerprint density at radius 3 is 2.67 bits per heavy atom. The summed E-state index contributed by atoms with van der Waals surface area (Å²) in [7, 11) is 0. The maximum atomic E-state index is 10.7. The maximum absolute atomic E-state index is 10.7. The number of rotatable bonds is 4. The summed E-state index contributed by atoms with van der Waals surface area (Å²) in [6, 6.07) is 7.41. The van der Waals surface area contributed by atoms with Crippen molar-refractivity contribution in [3.05, 3.63) is 53.6 Å². The Balaban J connectivity index is 0.00000162. The van der Waals surface area contributed by atoms with Gasteiger partial charge in [-0.2, -0.15) is 0 Å². The van der Waals surface area contributed by atoms with Gasteiger partial charge in [-0.1, -0.05) is 36.7 Å². The molecule has 0 fully saturated rings. The van der Waals surface area contributed by atoms with Gasteiger partial charge in [0.05, 0.1) is 12.9 Å². The van der Waals surface area contributed by atoms with Crippen LogP contribution < -0.4 is 0 Å². The first-order valence-electron chi connectivity index (χ1n) is 5.59. The summed E-state index contributed by atoms with van der Waals surface area (Å²) in [6.45, 7) is 2.40. The van der Waals surface area contributed by atoms with Gasteiger partial charge >= 0.3 is 0 Å². The zero-order valence-electron chi connectivity index (χ0n) is 10.1. The fourth-order valence-electron chi connectivity index (χ4n) is 1.91. The van der Waals surface area contributed by atoms with E-state index in [-0.39, 0.29) is 12.4 Å². The van der Waals surface area contributed by atoms with Gasteiger partial charge in [-0.15, -0.1) is 12.4 Å². The van der Waals surface area contributed by atoms with Crippen molar-refractivity contribution in [1.29, 1.82) is 0 Å². The number of halogens is 2. The van der Waals surface area contributed by atoms with Crippen LogP contribution in [-0.2, 0) is 12.1 Å². The number of imidazole rings is 1. The van der Waals surface area contributed by atoms with Gasteiger partial charge in [0.1, 0.15) is 5.60 Å². The molecule has 98 valence electrons. The lowest BCUT2D eigenvalue weighted by Crippen LogP contribution is -2.30. The lowest BCUT2D eigenvalue weighted by atomic mass is 9.91. The van der Waals surface area contributed by atoms with Crippen LogP contribution in [0.2, 0.25) is 5.02 Å². The molecule has 0 saturated heterocycles. The minimum atomic E-state index is -0.959. The fraction of sp³-hybridized carbons (Fsp3) is 0.308. The molecule has 3 nitrogen and oxygen atoms in total. The Bertz CT molecular complexity index is 487. The summed E-state index contributed by atoms with van der Waals surface area (Å²) < 4.78 is 1.85. The third-order valence-electron chi connectivity index (χ3n) is 2.96. The third kappa shape index (κ3) is 3.05. The monoisotopic (exact) mass is 286 g/mol. The van der Waals surface area contributed by atoms with E-state index in [2.05, 4.69) is 4.98 Å². The minimum absolute atomic E-state index is 0. The summed E-state index contributed by atoms with van der Waals surface area (Å²) in [5, 5.41) is 11.3. The predicted octanol–water partition coefficient (Wildman–Crippen LogP) is 3.26. The molecule has 1 aromatic heterocycles. The quantitative estimate of drug-likeness (QED) is 0.937. The molecule has 2 rings (SSSR count). The average Bonchev–Trinajstić information content (AvgIpc) is 2.82. The first kappa shape index (κ1) is 15.0. The summed E-state index contributed by atoms with van der Waals surface area (Å²) in [6.07, 6.45) is 5.81. The van der Waals surface area contributed by atoms with Crippen molar-refractivity contribution in [2.24, 2.45) is 0 Å². The van der Waals surface area contributed by atoms with Crippen LogP contribution in [0.1, 0.15) is 18.9 Å². The smallest absolute Gasteiger partial charge is 0.109 e. The zero-order valence-corrected chi connectivity index (χ0v) is 11.7. The predicted molar refractivity (Wildman–Crippen MR) is 75.1 cm³/mol. The van der Waals surface area contributed by atoms with E-state index < -0.39 is 5.60 Å². The molecule has 0 amide bonds. The molecule has 1 unspecified atom stereocenters. The number of nitrogens with zero attached hydrogens (tertiary/aromatic N) is 2. The van der Waals surface area contributed by atoms with Crippen molar-refractivity contribution in [1.82, 2.24) is 9.55 Å². The molecule has 18 heavy (non-hydrogen) atoms. The molecule has 2 aromatic rings. The lowest BCUT2D eigenvalue weighted by molar-refractivity contribution is 0.0144. The third-order valence-corrected chi connectivity index (χ3v) is 3.29. The molecule has 0 spiro atoms. The van der Waals surface area contributed by atoms with Crippen LogP contribution in [-0.4, -0.2) is 14.7 Å². The van der Waals surface area contributed by atoms with Gasteiger partial charge in [0.15, 0.2) is 0 Å². The standard InChI is InChI=1S/C13H15ClN2O.ClH/c1-2-13(17,9-16-8-7-15-10-16)11-5-3-4-6-12(11)14;/h3-8,10,17H,2,9H2,1H3;1H. The first-order valence-corrected chi connectivity index (χ1v) is 5.96. The van der Waals surface area contributed by atoms with Crippen LogP contribution in [0, 0.1) is 0 Å². The largest absolute Gasteiger partial charge is 0.383 e. The van der Waals surface area contributed by atoms with Crippen LogP contribution in [0.4, 0.5) is 0 Å². The van der Waals surface area contributed by atoms with Gasteiger partial charge in [-0.05, 0) is 12.5 Å². The molecule has 1 heterocycles. The normalized spacial score (nSPS) is 13.7. The SMILES string of the molecule is CCC(O)(Cn1ccnc1)c1ccccc1Cl.Cl. The first-order chi connectivity index (χ1) is 8.15. The summed E-state index contributed by atoms with van der Waals surface area (Å²) in [4.78, 5) is 3.98. The van der Waals surface area contributed by atoms with Crippen molar-refractivity contribution in [2.45, 2.75) is 25.5 Å². The van der Waals surface area contributed by atoms with E-state index >= 15 is 0 Å². The summed E-state index contributed by atoms with van der Waals surface area (Å²) in [5.41, 5.74) is -0.197. The van der Waals surface area contributed by atoms with Crippen molar-refractivity contribution < 1.29 is 5.11 Å². The number of hydrogen-bond donors (Lipinski definition) is 1. The highest BCUT2D eigenvalue weighted by Crippen LogP contribution is 2.32. The second-order valence-electron chi connectivity index (χ2n) is 4.10. The number of hydrogen-bond acceptors (Lipinski definition) is 2.